The van der Waals surface area contributed by atoms with E-state index in [1.165, 1.54) is 25.5 Å². The number of fused-ring (bicyclic) bond motifs is 2. The van der Waals surface area contributed by atoms with E-state index in [4.69, 9.17) is 4.98 Å². The third kappa shape index (κ3) is 4.17. The third-order valence-electron chi connectivity index (χ3n) is 7.73. The van der Waals surface area contributed by atoms with Crippen molar-refractivity contribution in [1.29, 1.82) is 5.26 Å². The summed E-state index contributed by atoms with van der Waals surface area (Å²) in [5, 5.41) is 15.7. The number of likely N-dealkylation sites (tertiary alicyclic amines) is 1. The van der Waals surface area contributed by atoms with Crippen LogP contribution in [0.2, 0.25) is 0 Å². The highest BCUT2D eigenvalue weighted by atomic mass is 19.1. The summed E-state index contributed by atoms with van der Waals surface area (Å²) in [5.41, 5.74) is 5.44. The van der Waals surface area contributed by atoms with Crippen LogP contribution in [0.15, 0.2) is 61.1 Å². The molecule has 1 atom stereocenters. The van der Waals surface area contributed by atoms with Gasteiger partial charge in [0.25, 0.3) is 0 Å². The van der Waals surface area contributed by atoms with Gasteiger partial charge in [-0.25, -0.2) is 4.39 Å². The fourth-order valence-electron chi connectivity index (χ4n) is 5.77. The largest absolute Gasteiger partial charge is 0.346 e. The van der Waals surface area contributed by atoms with Crippen LogP contribution in [0.5, 0.6) is 0 Å². The maximum absolute atomic E-state index is 14.8. The molecular formula is C30H29FN6. The summed E-state index contributed by atoms with van der Waals surface area (Å²) in [6.07, 6.45) is 8.38. The lowest BCUT2D eigenvalue weighted by molar-refractivity contribution is 0.171. The molecule has 37 heavy (non-hydrogen) atoms. The van der Waals surface area contributed by atoms with Crippen molar-refractivity contribution in [2.45, 2.75) is 26.3 Å². The first kappa shape index (κ1) is 23.4. The van der Waals surface area contributed by atoms with Crippen molar-refractivity contribution in [3.63, 3.8) is 0 Å². The molecule has 6 rings (SSSR count). The van der Waals surface area contributed by atoms with Gasteiger partial charge in [-0.2, -0.15) is 10.4 Å². The monoisotopic (exact) mass is 492 g/mol. The van der Waals surface area contributed by atoms with Crippen molar-refractivity contribution in [2.24, 2.45) is 13.0 Å². The van der Waals surface area contributed by atoms with E-state index in [9.17, 15) is 9.65 Å². The van der Waals surface area contributed by atoms with Crippen LogP contribution in [-0.2, 0) is 13.6 Å². The quantitative estimate of drug-likeness (QED) is 0.302. The first-order chi connectivity index (χ1) is 18.1. The van der Waals surface area contributed by atoms with Crippen LogP contribution in [0.4, 0.5) is 4.39 Å². The molecule has 0 amide bonds. The van der Waals surface area contributed by atoms with Gasteiger partial charge in [0.05, 0.1) is 34.7 Å². The smallest absolute Gasteiger partial charge is 0.141 e. The molecule has 1 aliphatic rings. The van der Waals surface area contributed by atoms with E-state index in [2.05, 4.69) is 39.8 Å². The maximum Gasteiger partial charge on any atom is 0.141 e. The average molecular weight is 493 g/mol. The Balaban J connectivity index is 1.50. The number of aryl methyl sites for hydroxylation is 1. The number of aromatic nitrogens is 4. The van der Waals surface area contributed by atoms with Gasteiger partial charge in [-0.05, 0) is 67.7 Å². The molecule has 186 valence electrons. The molecule has 1 fully saturated rings. The number of benzene rings is 2. The van der Waals surface area contributed by atoms with Crippen LogP contribution in [0.3, 0.4) is 0 Å². The molecular weight excluding hydrogens is 463 g/mol. The Hall–Kier alpha value is -4.02. The van der Waals surface area contributed by atoms with Crippen molar-refractivity contribution in [3.8, 4) is 28.5 Å². The van der Waals surface area contributed by atoms with Crippen LogP contribution in [0, 0.1) is 23.1 Å². The van der Waals surface area contributed by atoms with Gasteiger partial charge in [-0.15, -0.1) is 0 Å². The van der Waals surface area contributed by atoms with Gasteiger partial charge >= 0.3 is 0 Å². The van der Waals surface area contributed by atoms with Crippen LogP contribution < -0.4 is 0 Å². The first-order valence-corrected chi connectivity index (χ1v) is 12.9. The second-order valence-corrected chi connectivity index (χ2v) is 10.00. The predicted molar refractivity (Wildman–Crippen MR) is 144 cm³/mol. The summed E-state index contributed by atoms with van der Waals surface area (Å²) in [6, 6.07) is 15.0. The zero-order valence-corrected chi connectivity index (χ0v) is 21.2. The molecule has 0 N–H and O–H groups in total. The van der Waals surface area contributed by atoms with Crippen LogP contribution in [0.25, 0.3) is 44.2 Å². The van der Waals surface area contributed by atoms with E-state index in [-0.39, 0.29) is 5.56 Å². The predicted octanol–water partition coefficient (Wildman–Crippen LogP) is 6.00. The topological polar surface area (TPSA) is 62.7 Å². The lowest BCUT2D eigenvalue weighted by Crippen LogP contribution is -2.36. The molecule has 1 aliphatic heterocycles. The minimum Gasteiger partial charge on any atom is -0.346 e. The average Bonchev–Trinajstić information content (AvgIpc) is 3.51. The molecule has 0 spiro atoms. The Bertz CT molecular complexity index is 1660. The minimum absolute atomic E-state index is 0.0394. The lowest BCUT2D eigenvalue weighted by Gasteiger charge is -2.32. The number of hydrogen-bond donors (Lipinski definition) is 0. The van der Waals surface area contributed by atoms with Crippen molar-refractivity contribution in [1.82, 2.24) is 24.2 Å². The molecule has 1 saturated heterocycles. The van der Waals surface area contributed by atoms with Gasteiger partial charge < -0.3 is 9.47 Å². The van der Waals surface area contributed by atoms with Crippen molar-refractivity contribution < 1.29 is 4.39 Å². The molecule has 0 radical (unpaired) electrons. The van der Waals surface area contributed by atoms with Gasteiger partial charge in [0.15, 0.2) is 0 Å². The van der Waals surface area contributed by atoms with E-state index in [0.717, 1.165) is 58.3 Å². The van der Waals surface area contributed by atoms with E-state index in [0.29, 0.717) is 11.5 Å². The highest BCUT2D eigenvalue weighted by Gasteiger charge is 2.22. The Kier molecular flexibility index (Phi) is 5.97. The zero-order chi connectivity index (χ0) is 25.5. The number of nitrogens with zero attached hydrogens (tertiary/aromatic N) is 6. The minimum atomic E-state index is -0.521. The maximum atomic E-state index is 14.8. The number of hydrogen-bond acceptors (Lipinski definition) is 4. The van der Waals surface area contributed by atoms with Gasteiger partial charge in [0, 0.05) is 48.2 Å². The number of halogens is 1. The fourth-order valence-corrected chi connectivity index (χ4v) is 5.77. The van der Waals surface area contributed by atoms with E-state index < -0.39 is 5.82 Å². The molecule has 3 aromatic heterocycles. The second-order valence-electron chi connectivity index (χ2n) is 10.00. The molecule has 1 unspecified atom stereocenters. The molecule has 2 aromatic carbocycles. The van der Waals surface area contributed by atoms with Crippen molar-refractivity contribution in [3.05, 3.63) is 72.4 Å². The highest BCUT2D eigenvalue weighted by Crippen LogP contribution is 2.38. The number of rotatable bonds is 5. The third-order valence-corrected chi connectivity index (χ3v) is 7.73. The van der Waals surface area contributed by atoms with Gasteiger partial charge in [0.2, 0.25) is 0 Å². The summed E-state index contributed by atoms with van der Waals surface area (Å²) in [7, 11) is 1.92. The Labute approximate surface area is 215 Å². The molecule has 0 saturated carbocycles. The number of piperidine rings is 1. The zero-order valence-electron chi connectivity index (χ0n) is 21.2. The Morgan fingerprint density at radius 3 is 2.76 bits per heavy atom. The Morgan fingerprint density at radius 2 is 1.95 bits per heavy atom. The molecule has 6 nitrogen and oxygen atoms in total. The summed E-state index contributed by atoms with van der Waals surface area (Å²) >= 11 is 0. The van der Waals surface area contributed by atoms with Gasteiger partial charge in [-0.1, -0.05) is 19.1 Å². The van der Waals surface area contributed by atoms with Crippen LogP contribution in [-0.4, -0.2) is 43.9 Å². The van der Waals surface area contributed by atoms with E-state index in [1.807, 2.05) is 48.4 Å². The molecule has 7 heteroatoms. The summed E-state index contributed by atoms with van der Waals surface area (Å²) < 4.78 is 18.9. The highest BCUT2D eigenvalue weighted by molar-refractivity contribution is 6.02. The number of nitriles is 1. The summed E-state index contributed by atoms with van der Waals surface area (Å²) in [4.78, 5) is 7.47. The fraction of sp³-hybridized carbons (Fsp3) is 0.300. The first-order valence-electron chi connectivity index (χ1n) is 12.9. The SMILES string of the molecule is CCN1CCCC(Cn2ccc3c(-c4ccc(C#N)c(F)c4)c(-c4ccc5c(cnn5C)c4)ncc32)C1. The molecule has 4 heterocycles. The Morgan fingerprint density at radius 1 is 1.08 bits per heavy atom. The number of pyridine rings is 1. The van der Waals surface area contributed by atoms with Gasteiger partial charge in [0.1, 0.15) is 11.9 Å². The summed E-state index contributed by atoms with van der Waals surface area (Å²) in [5.74, 6) is 0.0692. The van der Waals surface area contributed by atoms with Crippen LogP contribution in [0.1, 0.15) is 25.3 Å². The van der Waals surface area contributed by atoms with E-state index in [1.54, 1.807) is 6.07 Å². The van der Waals surface area contributed by atoms with Crippen molar-refractivity contribution in [2.75, 3.05) is 19.6 Å². The lowest BCUT2D eigenvalue weighted by atomic mass is 9.95. The normalized spacial score (nSPS) is 16.4. The molecule has 0 bridgehead atoms. The summed E-state index contributed by atoms with van der Waals surface area (Å²) in [6.45, 7) is 6.54. The molecule has 5 aromatic rings. The van der Waals surface area contributed by atoms with Crippen LogP contribution >= 0.6 is 0 Å². The van der Waals surface area contributed by atoms with Crippen molar-refractivity contribution >= 4 is 21.8 Å². The van der Waals surface area contributed by atoms with E-state index >= 15 is 0 Å². The molecule has 0 aliphatic carbocycles. The standard InChI is InChI=1S/C30H29FN6/c1-3-36-11-4-5-20(18-36)19-37-12-10-25-28(37)17-33-30(22-8-9-27-24(13-22)16-34-35(27)2)29(25)21-6-7-23(15-32)26(31)14-21/h6-10,12-14,16-17,20H,3-5,11,18-19H2,1-2H3. The van der Waals surface area contributed by atoms with Gasteiger partial charge in [-0.3, -0.25) is 9.67 Å². The second kappa shape index (κ2) is 9.45.